The van der Waals surface area contributed by atoms with Crippen molar-refractivity contribution < 1.29 is 18.0 Å². The van der Waals surface area contributed by atoms with Crippen molar-refractivity contribution in [1.82, 2.24) is 10.2 Å². The first-order valence-corrected chi connectivity index (χ1v) is 15.4. The van der Waals surface area contributed by atoms with Crippen LogP contribution in [0.5, 0.6) is 0 Å². The molecule has 0 bridgehead atoms. The molecule has 0 unspecified atom stereocenters. The second-order valence-electron chi connectivity index (χ2n) is 10.0. The van der Waals surface area contributed by atoms with Gasteiger partial charge < -0.3 is 10.2 Å². The normalized spacial score (nSPS) is 14.5. The summed E-state index contributed by atoms with van der Waals surface area (Å²) in [4.78, 5) is 28.8. The number of halogens is 2. The van der Waals surface area contributed by atoms with E-state index in [1.807, 2.05) is 0 Å². The minimum atomic E-state index is -4.15. The molecule has 1 N–H and O–H groups in total. The summed E-state index contributed by atoms with van der Waals surface area (Å²) < 4.78 is 28.9. The van der Waals surface area contributed by atoms with Gasteiger partial charge in [0.15, 0.2) is 0 Å². The summed E-state index contributed by atoms with van der Waals surface area (Å²) in [6, 6.07) is 19.0. The molecule has 7 nitrogen and oxygen atoms in total. The molecular formula is C30H33Cl2N3O4S. The lowest BCUT2D eigenvalue weighted by molar-refractivity contribution is -0.139. The lowest BCUT2D eigenvalue weighted by Gasteiger charge is -2.33. The van der Waals surface area contributed by atoms with Crippen molar-refractivity contribution in [3.05, 3.63) is 94.0 Å². The lowest BCUT2D eigenvalue weighted by Crippen LogP contribution is -2.52. The standard InChI is InChI=1S/C30H33Cl2N3O4S/c1-21-18-24(31)16-17-28(21)35(40(38,39)26-13-4-3-5-14-26)20-29(36)34(19-23-10-6-9-15-27(23)32)22(2)30(37)33-25-11-7-8-12-25/h3-6,9-10,13-18,22,25H,7-8,11-12,19-20H2,1-2H3,(H,33,37)/t22-/m1/s1. The molecule has 1 fully saturated rings. The summed E-state index contributed by atoms with van der Waals surface area (Å²) in [6.07, 6.45) is 3.90. The predicted molar refractivity (Wildman–Crippen MR) is 159 cm³/mol. The summed E-state index contributed by atoms with van der Waals surface area (Å²) in [6.45, 7) is 2.91. The Balaban J connectivity index is 1.71. The Kier molecular flexibility index (Phi) is 9.77. The van der Waals surface area contributed by atoms with Crippen molar-refractivity contribution in [2.24, 2.45) is 0 Å². The Hall–Kier alpha value is -3.07. The van der Waals surface area contributed by atoms with Crippen molar-refractivity contribution in [3.63, 3.8) is 0 Å². The number of hydrogen-bond acceptors (Lipinski definition) is 4. The molecule has 0 spiro atoms. The molecule has 3 aromatic carbocycles. The molecule has 3 aromatic rings. The van der Waals surface area contributed by atoms with E-state index in [1.165, 1.54) is 17.0 Å². The SMILES string of the molecule is Cc1cc(Cl)ccc1N(CC(=O)N(Cc1ccccc1Cl)[C@H](C)C(=O)NC1CCCC1)S(=O)(=O)c1ccccc1. The van der Waals surface area contributed by atoms with Crippen LogP contribution in [-0.2, 0) is 26.2 Å². The van der Waals surface area contributed by atoms with E-state index in [1.54, 1.807) is 74.5 Å². The van der Waals surface area contributed by atoms with Crippen molar-refractivity contribution in [1.29, 1.82) is 0 Å². The second-order valence-corrected chi connectivity index (χ2v) is 12.7. The Labute approximate surface area is 246 Å². The molecule has 1 aliphatic rings. The molecule has 0 saturated heterocycles. The van der Waals surface area contributed by atoms with E-state index >= 15 is 0 Å². The van der Waals surface area contributed by atoms with Crippen LogP contribution >= 0.6 is 23.2 Å². The average molecular weight is 603 g/mol. The highest BCUT2D eigenvalue weighted by Crippen LogP contribution is 2.30. The lowest BCUT2D eigenvalue weighted by atomic mass is 10.1. The molecule has 40 heavy (non-hydrogen) atoms. The van der Waals surface area contributed by atoms with Crippen LogP contribution in [0.4, 0.5) is 5.69 Å². The van der Waals surface area contributed by atoms with Crippen molar-refractivity contribution >= 4 is 50.7 Å². The third-order valence-electron chi connectivity index (χ3n) is 7.20. The molecule has 2 amide bonds. The van der Waals surface area contributed by atoms with E-state index in [4.69, 9.17) is 23.2 Å². The highest BCUT2D eigenvalue weighted by Gasteiger charge is 2.34. The second kappa shape index (κ2) is 13.1. The minimum Gasteiger partial charge on any atom is -0.352 e. The number of hydrogen-bond donors (Lipinski definition) is 1. The number of carbonyl (C=O) groups excluding carboxylic acids is 2. The number of amides is 2. The van der Waals surface area contributed by atoms with E-state index < -0.39 is 28.5 Å². The van der Waals surface area contributed by atoms with Crippen LogP contribution in [-0.4, -0.2) is 43.8 Å². The van der Waals surface area contributed by atoms with E-state index in [9.17, 15) is 18.0 Å². The van der Waals surface area contributed by atoms with Crippen molar-refractivity contribution in [3.8, 4) is 0 Å². The smallest absolute Gasteiger partial charge is 0.264 e. The fourth-order valence-corrected chi connectivity index (χ4v) is 6.84. The number of sulfonamides is 1. The zero-order chi connectivity index (χ0) is 28.9. The molecule has 1 aliphatic carbocycles. The largest absolute Gasteiger partial charge is 0.352 e. The van der Waals surface area contributed by atoms with Gasteiger partial charge in [-0.05, 0) is 74.2 Å². The van der Waals surface area contributed by atoms with Crippen LogP contribution in [0.15, 0.2) is 77.7 Å². The van der Waals surface area contributed by atoms with Crippen molar-refractivity contribution in [2.75, 3.05) is 10.8 Å². The Morgan fingerprint density at radius 2 is 1.62 bits per heavy atom. The molecule has 10 heteroatoms. The van der Waals surface area contributed by atoms with Gasteiger partial charge in [0, 0.05) is 22.6 Å². The first-order valence-electron chi connectivity index (χ1n) is 13.2. The van der Waals surface area contributed by atoms with Gasteiger partial charge in [-0.2, -0.15) is 0 Å². The monoisotopic (exact) mass is 601 g/mol. The van der Waals surface area contributed by atoms with E-state index in [0.717, 1.165) is 30.0 Å². The summed E-state index contributed by atoms with van der Waals surface area (Å²) in [7, 11) is -4.15. The number of aryl methyl sites for hydroxylation is 1. The Morgan fingerprint density at radius 3 is 2.27 bits per heavy atom. The summed E-state index contributed by atoms with van der Waals surface area (Å²) in [5, 5.41) is 3.95. The maximum atomic E-state index is 14.1. The number of nitrogens with one attached hydrogen (secondary N) is 1. The van der Waals surface area contributed by atoms with Crippen LogP contribution in [0, 0.1) is 6.92 Å². The zero-order valence-electron chi connectivity index (χ0n) is 22.5. The van der Waals surface area contributed by atoms with Gasteiger partial charge in [0.05, 0.1) is 10.6 Å². The number of nitrogens with zero attached hydrogens (tertiary/aromatic N) is 2. The quantitative estimate of drug-likeness (QED) is 0.310. The van der Waals surface area contributed by atoms with Crippen LogP contribution in [0.2, 0.25) is 10.0 Å². The number of benzene rings is 3. The fourth-order valence-electron chi connectivity index (χ4n) is 4.92. The first kappa shape index (κ1) is 29.9. The maximum absolute atomic E-state index is 14.1. The Morgan fingerprint density at radius 1 is 0.975 bits per heavy atom. The van der Waals surface area contributed by atoms with Gasteiger partial charge in [-0.15, -0.1) is 0 Å². The third-order valence-corrected chi connectivity index (χ3v) is 9.58. The number of rotatable bonds is 10. The van der Waals surface area contributed by atoms with E-state index in [0.29, 0.717) is 26.9 Å². The molecule has 212 valence electrons. The minimum absolute atomic E-state index is 0.0383. The molecule has 0 radical (unpaired) electrons. The first-order chi connectivity index (χ1) is 19.1. The zero-order valence-corrected chi connectivity index (χ0v) is 24.8. The van der Waals surface area contributed by atoms with Crippen LogP contribution in [0.3, 0.4) is 0 Å². The topological polar surface area (TPSA) is 86.8 Å². The Bertz CT molecular complexity index is 1460. The van der Waals surface area contributed by atoms with Gasteiger partial charge in [0.25, 0.3) is 10.0 Å². The molecule has 0 aliphatic heterocycles. The number of anilines is 1. The fraction of sp³-hybridized carbons (Fsp3) is 0.333. The molecule has 1 atom stereocenters. The van der Waals surface area contributed by atoms with E-state index in [2.05, 4.69) is 5.32 Å². The third kappa shape index (κ3) is 6.97. The molecular weight excluding hydrogens is 569 g/mol. The summed E-state index contributed by atoms with van der Waals surface area (Å²) >= 11 is 12.6. The van der Waals surface area contributed by atoms with E-state index in [-0.39, 0.29) is 23.4 Å². The van der Waals surface area contributed by atoms with Crippen molar-refractivity contribution in [2.45, 2.75) is 63.1 Å². The summed E-state index contributed by atoms with van der Waals surface area (Å²) in [5.74, 6) is -0.824. The predicted octanol–water partition coefficient (Wildman–Crippen LogP) is 5.97. The molecule has 0 aromatic heterocycles. The summed E-state index contributed by atoms with van der Waals surface area (Å²) in [5.41, 5.74) is 1.56. The molecule has 1 saturated carbocycles. The average Bonchev–Trinajstić information content (AvgIpc) is 3.44. The van der Waals surface area contributed by atoms with Gasteiger partial charge in [-0.3, -0.25) is 13.9 Å². The molecule has 4 rings (SSSR count). The van der Waals surface area contributed by atoms with Crippen LogP contribution < -0.4 is 9.62 Å². The van der Waals surface area contributed by atoms with Gasteiger partial charge in [-0.25, -0.2) is 8.42 Å². The van der Waals surface area contributed by atoms with Gasteiger partial charge in [0.2, 0.25) is 11.8 Å². The van der Waals surface area contributed by atoms with Gasteiger partial charge >= 0.3 is 0 Å². The highest BCUT2D eigenvalue weighted by atomic mass is 35.5. The molecule has 0 heterocycles. The van der Waals surface area contributed by atoms with Gasteiger partial charge in [-0.1, -0.05) is 72.4 Å². The van der Waals surface area contributed by atoms with Crippen LogP contribution in [0.25, 0.3) is 0 Å². The van der Waals surface area contributed by atoms with Crippen LogP contribution in [0.1, 0.15) is 43.7 Å². The highest BCUT2D eigenvalue weighted by molar-refractivity contribution is 7.92. The van der Waals surface area contributed by atoms with Gasteiger partial charge in [0.1, 0.15) is 12.6 Å². The maximum Gasteiger partial charge on any atom is 0.264 e. The number of carbonyl (C=O) groups is 2.